The van der Waals surface area contributed by atoms with Gasteiger partial charge in [0, 0.05) is 13.1 Å². The average Bonchev–Trinajstić information content (AvgIpc) is 2.30. The summed E-state index contributed by atoms with van der Waals surface area (Å²) >= 11 is 0. The van der Waals surface area contributed by atoms with Crippen LogP contribution in [-0.2, 0) is 4.79 Å². The van der Waals surface area contributed by atoms with Crippen molar-refractivity contribution in [2.75, 3.05) is 18.0 Å². The number of hydrogen-bond acceptors (Lipinski definition) is 4. The smallest absolute Gasteiger partial charge is 0.311 e. The molecule has 0 aromatic carbocycles. The van der Waals surface area contributed by atoms with E-state index in [1.807, 2.05) is 0 Å². The molecular weight excluding hydrogens is 225 g/mol. The molecule has 1 aliphatic rings. The molecule has 1 N–H and O–H groups in total. The predicted molar refractivity (Wildman–Crippen MR) is 59.2 cm³/mol. The van der Waals surface area contributed by atoms with Crippen molar-refractivity contribution in [2.24, 2.45) is 5.41 Å². The van der Waals surface area contributed by atoms with E-state index in [9.17, 15) is 14.3 Å². The fourth-order valence-corrected chi connectivity index (χ4v) is 2.05. The van der Waals surface area contributed by atoms with Gasteiger partial charge in [0.1, 0.15) is 0 Å². The average molecular weight is 239 g/mol. The molecule has 1 aromatic rings. The summed E-state index contributed by atoms with van der Waals surface area (Å²) in [6.45, 7) is 2.77. The summed E-state index contributed by atoms with van der Waals surface area (Å²) < 4.78 is 12.7. The van der Waals surface area contributed by atoms with Crippen LogP contribution in [0, 0.1) is 11.2 Å². The van der Waals surface area contributed by atoms with E-state index in [-0.39, 0.29) is 0 Å². The lowest BCUT2D eigenvalue weighted by atomic mass is 9.82. The van der Waals surface area contributed by atoms with Gasteiger partial charge >= 0.3 is 5.97 Å². The second-order valence-corrected chi connectivity index (χ2v) is 4.59. The van der Waals surface area contributed by atoms with Gasteiger partial charge in [0.25, 0.3) is 0 Å². The minimum Gasteiger partial charge on any atom is -0.481 e. The van der Waals surface area contributed by atoms with E-state index >= 15 is 0 Å². The number of piperidine rings is 1. The topological polar surface area (TPSA) is 66.3 Å². The lowest BCUT2D eigenvalue weighted by Crippen LogP contribution is -2.46. The highest BCUT2D eigenvalue weighted by atomic mass is 19.1. The normalized spacial score (nSPS) is 24.7. The van der Waals surface area contributed by atoms with Gasteiger partial charge in [-0.3, -0.25) is 4.79 Å². The van der Waals surface area contributed by atoms with E-state index in [0.29, 0.717) is 25.5 Å². The van der Waals surface area contributed by atoms with Crippen molar-refractivity contribution in [3.8, 4) is 0 Å². The number of carboxylic acids is 1. The zero-order valence-corrected chi connectivity index (χ0v) is 9.56. The third-order valence-electron chi connectivity index (χ3n) is 3.10. The van der Waals surface area contributed by atoms with Crippen molar-refractivity contribution in [1.82, 2.24) is 9.97 Å². The second kappa shape index (κ2) is 4.27. The molecule has 1 saturated heterocycles. The Kier molecular flexibility index (Phi) is 2.95. The fraction of sp³-hybridized carbons (Fsp3) is 0.545. The Labute approximate surface area is 98.3 Å². The van der Waals surface area contributed by atoms with E-state index in [1.54, 1.807) is 11.8 Å². The molecule has 1 unspecified atom stereocenters. The van der Waals surface area contributed by atoms with E-state index in [0.717, 1.165) is 18.8 Å². The van der Waals surface area contributed by atoms with Crippen LogP contribution in [-0.4, -0.2) is 34.1 Å². The zero-order chi connectivity index (χ0) is 12.5. The molecule has 0 amide bonds. The summed E-state index contributed by atoms with van der Waals surface area (Å²) in [6, 6.07) is 0. The summed E-state index contributed by atoms with van der Waals surface area (Å²) in [5.41, 5.74) is -0.782. The molecule has 5 nitrogen and oxygen atoms in total. The van der Waals surface area contributed by atoms with Crippen LogP contribution in [0.5, 0.6) is 0 Å². The van der Waals surface area contributed by atoms with Crippen LogP contribution in [0.2, 0.25) is 0 Å². The van der Waals surface area contributed by atoms with E-state index in [4.69, 9.17) is 0 Å². The largest absolute Gasteiger partial charge is 0.481 e. The molecule has 0 aliphatic carbocycles. The number of carbonyl (C=O) groups is 1. The maximum atomic E-state index is 12.7. The zero-order valence-electron chi connectivity index (χ0n) is 9.56. The first-order valence-electron chi connectivity index (χ1n) is 5.47. The van der Waals surface area contributed by atoms with Gasteiger partial charge in [0.2, 0.25) is 5.95 Å². The number of aliphatic carboxylic acids is 1. The van der Waals surface area contributed by atoms with E-state index < -0.39 is 17.2 Å². The number of nitrogens with zero attached hydrogens (tertiary/aromatic N) is 3. The molecular formula is C11H14FN3O2. The van der Waals surface area contributed by atoms with Crippen LogP contribution >= 0.6 is 0 Å². The van der Waals surface area contributed by atoms with Crippen molar-refractivity contribution < 1.29 is 14.3 Å². The molecule has 1 atom stereocenters. The van der Waals surface area contributed by atoms with Crippen LogP contribution in [0.25, 0.3) is 0 Å². The van der Waals surface area contributed by atoms with Crippen molar-refractivity contribution in [3.05, 3.63) is 18.2 Å². The molecule has 1 aliphatic heterocycles. The number of carboxylic acid groups (broad SMARTS) is 1. The molecule has 1 fully saturated rings. The minimum atomic E-state index is -0.815. The van der Waals surface area contributed by atoms with E-state index in [1.165, 1.54) is 0 Å². The van der Waals surface area contributed by atoms with Crippen LogP contribution in [0.1, 0.15) is 19.8 Å². The fourth-order valence-electron chi connectivity index (χ4n) is 2.05. The standard InChI is InChI=1S/C11H14FN3O2/c1-11(9(16)17)3-2-4-15(7-11)10-13-5-8(12)6-14-10/h5-6H,2-4,7H2,1H3,(H,16,17). The number of hydrogen-bond donors (Lipinski definition) is 1. The van der Waals surface area contributed by atoms with Crippen molar-refractivity contribution in [1.29, 1.82) is 0 Å². The molecule has 0 spiro atoms. The molecule has 6 heteroatoms. The summed E-state index contributed by atoms with van der Waals surface area (Å²) in [7, 11) is 0. The SMILES string of the molecule is CC1(C(=O)O)CCCN(c2ncc(F)cn2)C1. The number of anilines is 1. The van der Waals surface area contributed by atoms with Crippen molar-refractivity contribution in [3.63, 3.8) is 0 Å². The van der Waals surface area contributed by atoms with Gasteiger partial charge in [0.15, 0.2) is 5.82 Å². The highest BCUT2D eigenvalue weighted by Gasteiger charge is 2.38. The van der Waals surface area contributed by atoms with Crippen LogP contribution in [0.3, 0.4) is 0 Å². The first-order chi connectivity index (χ1) is 8.01. The molecule has 0 bridgehead atoms. The van der Waals surface area contributed by atoms with Crippen molar-refractivity contribution >= 4 is 11.9 Å². The first kappa shape index (κ1) is 11.8. The quantitative estimate of drug-likeness (QED) is 0.842. The van der Waals surface area contributed by atoms with Gasteiger partial charge in [0.05, 0.1) is 17.8 Å². The molecule has 2 rings (SSSR count). The van der Waals surface area contributed by atoms with Crippen LogP contribution in [0.4, 0.5) is 10.3 Å². The van der Waals surface area contributed by atoms with Gasteiger partial charge in [-0.2, -0.15) is 0 Å². The summed E-state index contributed by atoms with van der Waals surface area (Å²) in [4.78, 5) is 20.7. The summed E-state index contributed by atoms with van der Waals surface area (Å²) in [6.07, 6.45) is 3.59. The van der Waals surface area contributed by atoms with Crippen LogP contribution in [0.15, 0.2) is 12.4 Å². The Bertz CT molecular complexity index is 423. The van der Waals surface area contributed by atoms with Gasteiger partial charge in [-0.05, 0) is 19.8 Å². The van der Waals surface area contributed by atoms with E-state index in [2.05, 4.69) is 9.97 Å². The van der Waals surface area contributed by atoms with Gasteiger partial charge < -0.3 is 10.0 Å². The minimum absolute atomic E-state index is 0.355. The monoisotopic (exact) mass is 239 g/mol. The number of halogens is 1. The van der Waals surface area contributed by atoms with Gasteiger partial charge in [-0.25, -0.2) is 14.4 Å². The van der Waals surface area contributed by atoms with Gasteiger partial charge in [-0.1, -0.05) is 0 Å². The maximum Gasteiger partial charge on any atom is 0.311 e. The van der Waals surface area contributed by atoms with Crippen LogP contribution < -0.4 is 4.90 Å². The Balaban J connectivity index is 2.17. The predicted octanol–water partition coefficient (Wildman–Crippen LogP) is 1.31. The Morgan fingerprint density at radius 2 is 2.18 bits per heavy atom. The Morgan fingerprint density at radius 1 is 1.53 bits per heavy atom. The molecule has 0 saturated carbocycles. The van der Waals surface area contributed by atoms with Gasteiger partial charge in [-0.15, -0.1) is 0 Å². The highest BCUT2D eigenvalue weighted by Crippen LogP contribution is 2.31. The molecule has 17 heavy (non-hydrogen) atoms. The summed E-state index contributed by atoms with van der Waals surface area (Å²) in [5.74, 6) is -0.922. The molecule has 1 aromatic heterocycles. The number of rotatable bonds is 2. The third kappa shape index (κ3) is 2.35. The third-order valence-corrected chi connectivity index (χ3v) is 3.10. The molecule has 0 radical (unpaired) electrons. The highest BCUT2D eigenvalue weighted by molar-refractivity contribution is 5.75. The molecule has 92 valence electrons. The second-order valence-electron chi connectivity index (χ2n) is 4.59. The first-order valence-corrected chi connectivity index (χ1v) is 5.47. The maximum absolute atomic E-state index is 12.7. The Hall–Kier alpha value is -1.72. The molecule has 2 heterocycles. The van der Waals surface area contributed by atoms with Crippen molar-refractivity contribution in [2.45, 2.75) is 19.8 Å². The Morgan fingerprint density at radius 3 is 2.76 bits per heavy atom. The number of aromatic nitrogens is 2. The lowest BCUT2D eigenvalue weighted by Gasteiger charge is -2.37. The summed E-state index contributed by atoms with van der Waals surface area (Å²) in [5, 5.41) is 9.18. The lowest BCUT2D eigenvalue weighted by molar-refractivity contribution is -0.148.